The number of esters is 2. The van der Waals surface area contributed by atoms with Crippen molar-refractivity contribution in [2.24, 2.45) is 0 Å². The zero-order valence-electron chi connectivity index (χ0n) is 33.4. The Bertz CT molecular complexity index is 2910. The van der Waals surface area contributed by atoms with E-state index in [1.807, 2.05) is 48.5 Å². The van der Waals surface area contributed by atoms with E-state index in [0.29, 0.717) is 37.2 Å². The van der Waals surface area contributed by atoms with Crippen LogP contribution < -0.4 is 9.47 Å². The number of hydrogen-bond acceptors (Lipinski definition) is 4. The number of aryl methyl sites for hydroxylation is 2. The van der Waals surface area contributed by atoms with Crippen molar-refractivity contribution in [3.63, 3.8) is 0 Å². The molecule has 10 rings (SSSR count). The molecular weight excluding hydrogens is 725 g/mol. The van der Waals surface area contributed by atoms with Gasteiger partial charge >= 0.3 is 11.9 Å². The van der Waals surface area contributed by atoms with Crippen molar-refractivity contribution in [2.75, 3.05) is 0 Å². The molecule has 0 spiro atoms. The molecule has 10 aromatic carbocycles. The number of ether oxygens (including phenoxy) is 2. The first-order chi connectivity index (χ1) is 28.8. The van der Waals surface area contributed by atoms with Crippen molar-refractivity contribution in [3.8, 4) is 11.5 Å². The Morgan fingerprint density at radius 3 is 1.14 bits per heavy atom. The van der Waals surface area contributed by atoms with Crippen LogP contribution in [-0.4, -0.2) is 11.9 Å². The fourth-order valence-corrected chi connectivity index (χ4v) is 9.28. The zero-order valence-corrected chi connectivity index (χ0v) is 33.4. The maximum Gasteiger partial charge on any atom is 0.311 e. The molecule has 0 aliphatic heterocycles. The largest absolute Gasteiger partial charge is 0.427 e. The lowest BCUT2D eigenvalue weighted by atomic mass is 9.78. The Hall–Kier alpha value is -6.78. The average Bonchev–Trinajstić information content (AvgIpc) is 3.26. The van der Waals surface area contributed by atoms with Crippen LogP contribution in [0.3, 0.4) is 0 Å². The average molecular weight is 769 g/mol. The maximum atomic E-state index is 12.9. The number of hydrogen-bond donors (Lipinski definition) is 0. The van der Waals surface area contributed by atoms with Gasteiger partial charge in [0.15, 0.2) is 0 Å². The van der Waals surface area contributed by atoms with Crippen molar-refractivity contribution < 1.29 is 19.1 Å². The monoisotopic (exact) mass is 768 g/mol. The molecule has 4 heteroatoms. The Balaban J connectivity index is 0.722. The van der Waals surface area contributed by atoms with E-state index < -0.39 is 0 Å². The van der Waals surface area contributed by atoms with Crippen molar-refractivity contribution in [2.45, 2.75) is 57.8 Å². The molecule has 0 aliphatic rings. The molecule has 0 fully saturated rings. The highest BCUT2D eigenvalue weighted by atomic mass is 16.5. The smallest absolute Gasteiger partial charge is 0.311 e. The minimum Gasteiger partial charge on any atom is -0.427 e. The molecule has 0 radical (unpaired) electrons. The predicted octanol–water partition coefficient (Wildman–Crippen LogP) is 13.7. The van der Waals surface area contributed by atoms with E-state index in [9.17, 15) is 9.59 Å². The quantitative estimate of drug-likeness (QED) is 0.0705. The number of benzene rings is 10. The lowest BCUT2D eigenvalue weighted by Crippen LogP contribution is -2.19. The van der Waals surface area contributed by atoms with E-state index in [-0.39, 0.29) is 17.4 Å². The molecule has 0 amide bonds. The van der Waals surface area contributed by atoms with Gasteiger partial charge in [0.1, 0.15) is 11.5 Å². The Morgan fingerprint density at radius 2 is 0.746 bits per heavy atom. The van der Waals surface area contributed by atoms with Crippen LogP contribution in [0.25, 0.3) is 64.6 Å². The highest BCUT2D eigenvalue weighted by Gasteiger charge is 2.24. The molecule has 0 atom stereocenters. The third kappa shape index (κ3) is 6.79. The summed E-state index contributed by atoms with van der Waals surface area (Å²) in [5.41, 5.74) is 4.36. The van der Waals surface area contributed by atoms with Gasteiger partial charge in [-0.05, 0) is 137 Å². The minimum atomic E-state index is -0.327. The summed E-state index contributed by atoms with van der Waals surface area (Å²) in [7, 11) is 0. The SMILES string of the molecule is CC(C)(c1ccc(OC(=O)CCCc2ccc3ccc4cccc5ccc2c3c45)cc1)c1ccc(OC(=O)CCCc2ccc3ccc4cccc5ccc2c3c45)cc1. The zero-order chi connectivity index (χ0) is 40.1. The van der Waals surface area contributed by atoms with Crippen molar-refractivity contribution in [1.82, 2.24) is 0 Å². The molecule has 0 aromatic heterocycles. The van der Waals surface area contributed by atoms with E-state index in [0.717, 1.165) is 24.0 Å². The van der Waals surface area contributed by atoms with E-state index >= 15 is 0 Å². The van der Waals surface area contributed by atoms with Crippen LogP contribution in [0.15, 0.2) is 158 Å². The molecule has 10 aromatic rings. The van der Waals surface area contributed by atoms with Crippen molar-refractivity contribution in [1.29, 1.82) is 0 Å². The highest BCUT2D eigenvalue weighted by molar-refractivity contribution is 6.24. The summed E-state index contributed by atoms with van der Waals surface area (Å²) in [6.45, 7) is 4.32. The van der Waals surface area contributed by atoms with Crippen LogP contribution in [0.1, 0.15) is 61.8 Å². The van der Waals surface area contributed by atoms with Crippen molar-refractivity contribution in [3.05, 3.63) is 180 Å². The molecule has 0 aliphatic carbocycles. The molecular formula is C55H44O4. The molecule has 0 bridgehead atoms. The number of rotatable bonds is 12. The summed E-state index contributed by atoms with van der Waals surface area (Å²) >= 11 is 0. The fourth-order valence-electron chi connectivity index (χ4n) is 9.28. The summed E-state index contributed by atoms with van der Waals surface area (Å²) < 4.78 is 11.5. The second kappa shape index (κ2) is 14.9. The van der Waals surface area contributed by atoms with E-state index in [1.165, 1.54) is 75.8 Å². The molecule has 59 heavy (non-hydrogen) atoms. The lowest BCUT2D eigenvalue weighted by Gasteiger charge is -2.26. The van der Waals surface area contributed by atoms with Crippen LogP contribution >= 0.6 is 0 Å². The third-order valence-electron chi connectivity index (χ3n) is 12.5. The third-order valence-corrected chi connectivity index (χ3v) is 12.5. The molecule has 0 N–H and O–H groups in total. The maximum absolute atomic E-state index is 12.9. The molecule has 0 saturated heterocycles. The molecule has 288 valence electrons. The van der Waals surface area contributed by atoms with Gasteiger partial charge in [0.25, 0.3) is 0 Å². The molecule has 0 saturated carbocycles. The number of carbonyl (C=O) groups excluding carboxylic acids is 2. The second-order valence-corrected chi connectivity index (χ2v) is 16.5. The minimum absolute atomic E-state index is 0.229. The summed E-state index contributed by atoms with van der Waals surface area (Å²) in [6, 6.07) is 54.9. The molecule has 0 heterocycles. The Labute approximate surface area is 343 Å². The second-order valence-electron chi connectivity index (χ2n) is 16.5. The van der Waals surface area contributed by atoms with E-state index in [4.69, 9.17) is 9.47 Å². The summed E-state index contributed by atoms with van der Waals surface area (Å²) in [4.78, 5) is 25.8. The van der Waals surface area contributed by atoms with Crippen LogP contribution in [0.2, 0.25) is 0 Å². The first kappa shape index (κ1) is 36.6. The van der Waals surface area contributed by atoms with Gasteiger partial charge in [0.05, 0.1) is 0 Å². The van der Waals surface area contributed by atoms with Gasteiger partial charge in [-0.2, -0.15) is 0 Å². The predicted molar refractivity (Wildman–Crippen MR) is 242 cm³/mol. The van der Waals surface area contributed by atoms with Gasteiger partial charge in [-0.3, -0.25) is 9.59 Å². The first-order valence-corrected chi connectivity index (χ1v) is 20.7. The normalized spacial score (nSPS) is 12.1. The van der Waals surface area contributed by atoms with Gasteiger partial charge in [0.2, 0.25) is 0 Å². The first-order valence-electron chi connectivity index (χ1n) is 20.7. The van der Waals surface area contributed by atoms with Crippen LogP contribution in [0.5, 0.6) is 11.5 Å². The number of carbonyl (C=O) groups is 2. The van der Waals surface area contributed by atoms with Gasteiger partial charge in [-0.25, -0.2) is 0 Å². The van der Waals surface area contributed by atoms with Crippen LogP contribution in [0, 0.1) is 0 Å². The fraction of sp³-hybridized carbons (Fsp3) is 0.164. The van der Waals surface area contributed by atoms with Gasteiger partial charge in [-0.1, -0.05) is 147 Å². The highest BCUT2D eigenvalue weighted by Crippen LogP contribution is 2.38. The Kier molecular flexibility index (Phi) is 9.21. The van der Waals surface area contributed by atoms with Gasteiger partial charge in [-0.15, -0.1) is 0 Å². The Morgan fingerprint density at radius 1 is 0.407 bits per heavy atom. The van der Waals surface area contributed by atoms with Crippen molar-refractivity contribution >= 4 is 76.6 Å². The standard InChI is InChI=1S/C55H44O4/c1-55(2,43-25-29-45(30-26-43)58-49(56)13-5-7-35-15-17-41-21-19-37-9-3-11-39-23-33-47(35)53(41)51(37)39)44-27-31-46(32-28-44)59-50(57)14-6-8-36-16-18-42-22-20-38-10-4-12-40-24-34-48(36)54(42)52(38)40/h3-4,9-12,15-34H,5-8,13-14H2,1-2H3. The van der Waals surface area contributed by atoms with E-state index in [1.54, 1.807) is 0 Å². The van der Waals surface area contributed by atoms with Gasteiger partial charge < -0.3 is 9.47 Å². The molecule has 4 nitrogen and oxygen atoms in total. The van der Waals surface area contributed by atoms with Crippen LogP contribution in [-0.2, 0) is 27.8 Å². The summed E-state index contributed by atoms with van der Waals surface area (Å²) in [6.07, 6.45) is 3.71. The van der Waals surface area contributed by atoms with E-state index in [2.05, 4.69) is 123 Å². The summed E-state index contributed by atoms with van der Waals surface area (Å²) in [5, 5.41) is 15.3. The lowest BCUT2D eigenvalue weighted by molar-refractivity contribution is -0.135. The van der Waals surface area contributed by atoms with Gasteiger partial charge in [0, 0.05) is 18.3 Å². The summed E-state index contributed by atoms with van der Waals surface area (Å²) in [5.74, 6) is 0.622. The molecule has 0 unspecified atom stereocenters. The van der Waals surface area contributed by atoms with Crippen LogP contribution in [0.4, 0.5) is 0 Å². The topological polar surface area (TPSA) is 52.6 Å².